The zero-order chi connectivity index (χ0) is 13.3. The Labute approximate surface area is 111 Å². The summed E-state index contributed by atoms with van der Waals surface area (Å²) in [5, 5.41) is 3.45. The minimum atomic E-state index is 0.125. The van der Waals surface area contributed by atoms with Gasteiger partial charge in [-0.05, 0) is 36.4 Å². The normalized spacial score (nSPS) is 20.2. The highest BCUT2D eigenvalue weighted by molar-refractivity contribution is 5.51. The van der Waals surface area contributed by atoms with Crippen molar-refractivity contribution in [2.45, 2.75) is 45.4 Å². The number of benzene rings is 1. The molecular weight excluding hydrogens is 222 g/mol. The van der Waals surface area contributed by atoms with Gasteiger partial charge in [-0.15, -0.1) is 0 Å². The Kier molecular flexibility index (Phi) is 3.67. The van der Waals surface area contributed by atoms with E-state index in [0.29, 0.717) is 5.92 Å². The van der Waals surface area contributed by atoms with Crippen molar-refractivity contribution in [3.63, 3.8) is 0 Å². The smallest absolute Gasteiger partial charge is 0.126 e. The van der Waals surface area contributed by atoms with E-state index in [-0.39, 0.29) is 5.41 Å². The van der Waals surface area contributed by atoms with Crippen LogP contribution >= 0.6 is 0 Å². The summed E-state index contributed by atoms with van der Waals surface area (Å²) in [5.74, 6) is 1.71. The molecule has 100 valence electrons. The maximum Gasteiger partial charge on any atom is 0.126 e. The molecule has 1 aromatic carbocycles. The number of ether oxygens (including phenoxy) is 1. The molecule has 0 radical (unpaired) electrons. The first-order valence-electron chi connectivity index (χ1n) is 6.84. The number of rotatable bonds is 2. The SMILES string of the molecule is COc1c(C(C)(C)C)ccc(C)c1C1CCNC1. The van der Waals surface area contributed by atoms with Gasteiger partial charge in [-0.2, -0.15) is 0 Å². The van der Waals surface area contributed by atoms with Gasteiger partial charge in [0.25, 0.3) is 0 Å². The molecule has 0 amide bonds. The van der Waals surface area contributed by atoms with Crippen molar-refractivity contribution in [3.05, 3.63) is 28.8 Å². The van der Waals surface area contributed by atoms with E-state index in [1.807, 2.05) is 0 Å². The number of nitrogens with one attached hydrogen (secondary N) is 1. The van der Waals surface area contributed by atoms with Crippen LogP contribution in [-0.2, 0) is 5.41 Å². The molecule has 0 saturated carbocycles. The van der Waals surface area contributed by atoms with Crippen molar-refractivity contribution >= 4 is 0 Å². The molecule has 2 nitrogen and oxygen atoms in total. The Bertz CT molecular complexity index is 425. The van der Waals surface area contributed by atoms with Crippen LogP contribution in [0.1, 0.15) is 49.8 Å². The topological polar surface area (TPSA) is 21.3 Å². The van der Waals surface area contributed by atoms with Gasteiger partial charge < -0.3 is 10.1 Å². The van der Waals surface area contributed by atoms with Crippen LogP contribution in [0, 0.1) is 6.92 Å². The lowest BCUT2D eigenvalue weighted by Gasteiger charge is -2.27. The summed E-state index contributed by atoms with van der Waals surface area (Å²) in [7, 11) is 1.80. The fourth-order valence-electron chi connectivity index (χ4n) is 2.92. The Morgan fingerprint density at radius 2 is 2.00 bits per heavy atom. The predicted octanol–water partition coefficient (Wildman–Crippen LogP) is 3.38. The summed E-state index contributed by atoms with van der Waals surface area (Å²) in [6.45, 7) is 11.1. The second-order valence-electron chi connectivity index (χ2n) is 6.32. The van der Waals surface area contributed by atoms with Crippen molar-refractivity contribution < 1.29 is 4.74 Å². The Hall–Kier alpha value is -1.02. The van der Waals surface area contributed by atoms with Gasteiger partial charge >= 0.3 is 0 Å². The van der Waals surface area contributed by atoms with Crippen molar-refractivity contribution in [3.8, 4) is 5.75 Å². The summed E-state index contributed by atoms with van der Waals surface area (Å²) in [5.41, 5.74) is 4.21. The molecule has 2 heteroatoms. The van der Waals surface area contributed by atoms with Gasteiger partial charge in [0.1, 0.15) is 5.75 Å². The predicted molar refractivity (Wildman–Crippen MR) is 76.7 cm³/mol. The summed E-state index contributed by atoms with van der Waals surface area (Å²) in [4.78, 5) is 0. The van der Waals surface area contributed by atoms with E-state index in [4.69, 9.17) is 4.74 Å². The molecule has 1 heterocycles. The van der Waals surface area contributed by atoms with Crippen molar-refractivity contribution in [1.82, 2.24) is 5.32 Å². The van der Waals surface area contributed by atoms with Crippen molar-refractivity contribution in [1.29, 1.82) is 0 Å². The minimum absolute atomic E-state index is 0.125. The van der Waals surface area contributed by atoms with Crippen LogP contribution < -0.4 is 10.1 Å². The molecule has 0 spiro atoms. The van der Waals surface area contributed by atoms with Gasteiger partial charge in [0.05, 0.1) is 7.11 Å². The number of aryl methyl sites for hydroxylation is 1. The first-order chi connectivity index (χ1) is 8.45. The summed E-state index contributed by atoms with van der Waals surface area (Å²) in [6.07, 6.45) is 1.21. The highest BCUT2D eigenvalue weighted by atomic mass is 16.5. The Morgan fingerprint density at radius 3 is 2.50 bits per heavy atom. The highest BCUT2D eigenvalue weighted by Gasteiger charge is 2.27. The molecule has 1 aliphatic heterocycles. The molecule has 1 aromatic rings. The third-order valence-corrected chi connectivity index (χ3v) is 3.89. The largest absolute Gasteiger partial charge is 0.496 e. The molecule has 1 aliphatic rings. The van der Waals surface area contributed by atoms with Crippen LogP contribution in [-0.4, -0.2) is 20.2 Å². The molecule has 2 rings (SSSR count). The van der Waals surface area contributed by atoms with Crippen LogP contribution in [0.3, 0.4) is 0 Å². The molecule has 0 bridgehead atoms. The highest BCUT2D eigenvalue weighted by Crippen LogP contribution is 2.40. The van der Waals surface area contributed by atoms with Crippen LogP contribution in [0.5, 0.6) is 5.75 Å². The van der Waals surface area contributed by atoms with Crippen molar-refractivity contribution in [2.75, 3.05) is 20.2 Å². The van der Waals surface area contributed by atoms with Gasteiger partial charge in [-0.3, -0.25) is 0 Å². The quantitative estimate of drug-likeness (QED) is 0.865. The van der Waals surface area contributed by atoms with Crippen LogP contribution in [0.15, 0.2) is 12.1 Å². The number of hydrogen-bond donors (Lipinski definition) is 1. The molecule has 1 N–H and O–H groups in total. The zero-order valence-corrected chi connectivity index (χ0v) is 12.3. The van der Waals surface area contributed by atoms with Crippen LogP contribution in [0.25, 0.3) is 0 Å². The zero-order valence-electron chi connectivity index (χ0n) is 12.3. The maximum absolute atomic E-state index is 5.77. The molecule has 1 fully saturated rings. The molecule has 0 aromatic heterocycles. The van der Waals surface area contributed by atoms with E-state index in [1.165, 1.54) is 23.1 Å². The van der Waals surface area contributed by atoms with Gasteiger partial charge in [0.2, 0.25) is 0 Å². The maximum atomic E-state index is 5.77. The van der Waals surface area contributed by atoms with E-state index in [0.717, 1.165) is 18.8 Å². The molecular formula is C16H25NO. The van der Waals surface area contributed by atoms with Gasteiger partial charge in [-0.1, -0.05) is 32.9 Å². The summed E-state index contributed by atoms with van der Waals surface area (Å²) < 4.78 is 5.77. The van der Waals surface area contributed by atoms with Gasteiger partial charge in [0.15, 0.2) is 0 Å². The average molecular weight is 247 g/mol. The first-order valence-corrected chi connectivity index (χ1v) is 6.84. The number of hydrogen-bond acceptors (Lipinski definition) is 2. The monoisotopic (exact) mass is 247 g/mol. The van der Waals surface area contributed by atoms with E-state index >= 15 is 0 Å². The molecule has 18 heavy (non-hydrogen) atoms. The fourth-order valence-corrected chi connectivity index (χ4v) is 2.92. The molecule has 1 atom stereocenters. The van der Waals surface area contributed by atoms with E-state index in [9.17, 15) is 0 Å². The summed E-state index contributed by atoms with van der Waals surface area (Å²) in [6, 6.07) is 4.47. The van der Waals surface area contributed by atoms with Gasteiger partial charge in [0, 0.05) is 18.0 Å². The van der Waals surface area contributed by atoms with Gasteiger partial charge in [-0.25, -0.2) is 0 Å². The third-order valence-electron chi connectivity index (χ3n) is 3.89. The third kappa shape index (κ3) is 2.39. The van der Waals surface area contributed by atoms with E-state index in [1.54, 1.807) is 7.11 Å². The van der Waals surface area contributed by atoms with E-state index in [2.05, 4.69) is 45.1 Å². The second kappa shape index (κ2) is 4.93. The van der Waals surface area contributed by atoms with Crippen LogP contribution in [0.4, 0.5) is 0 Å². The Balaban J connectivity index is 2.55. The fraction of sp³-hybridized carbons (Fsp3) is 0.625. The Morgan fingerprint density at radius 1 is 1.28 bits per heavy atom. The van der Waals surface area contributed by atoms with Crippen LogP contribution in [0.2, 0.25) is 0 Å². The minimum Gasteiger partial charge on any atom is -0.496 e. The number of methoxy groups -OCH3 is 1. The lowest BCUT2D eigenvalue weighted by molar-refractivity contribution is 0.389. The lowest BCUT2D eigenvalue weighted by atomic mass is 9.81. The molecule has 1 unspecified atom stereocenters. The molecule has 0 aliphatic carbocycles. The van der Waals surface area contributed by atoms with E-state index < -0.39 is 0 Å². The van der Waals surface area contributed by atoms with Crippen molar-refractivity contribution in [2.24, 2.45) is 0 Å². The lowest BCUT2D eigenvalue weighted by Crippen LogP contribution is -2.16. The average Bonchev–Trinajstić information content (AvgIpc) is 2.79. The summed E-state index contributed by atoms with van der Waals surface area (Å²) >= 11 is 0. The second-order valence-corrected chi connectivity index (χ2v) is 6.32. The molecule has 1 saturated heterocycles. The standard InChI is InChI=1S/C16H25NO/c1-11-6-7-13(16(2,3)4)15(18-5)14(11)12-8-9-17-10-12/h6-7,12,17H,8-10H2,1-5H3. The first kappa shape index (κ1) is 13.4.